The van der Waals surface area contributed by atoms with E-state index >= 15 is 0 Å². The zero-order valence-corrected chi connectivity index (χ0v) is 67.6. The Labute approximate surface area is 713 Å². The maximum atomic E-state index is 9.42. The number of hydrogen-bond donors (Lipinski definition) is 2. The van der Waals surface area contributed by atoms with Gasteiger partial charge in [-0.3, -0.25) is 0 Å². The van der Waals surface area contributed by atoms with Gasteiger partial charge < -0.3 is 10.0 Å². The normalized spacial score (nSPS) is 11.6. The third-order valence-electron chi connectivity index (χ3n) is 23.0. The zero-order chi connectivity index (χ0) is 81.3. The van der Waals surface area contributed by atoms with E-state index in [4.69, 9.17) is 51.5 Å². The van der Waals surface area contributed by atoms with E-state index in [0.717, 1.165) is 110 Å². The lowest BCUT2D eigenvalue weighted by molar-refractivity contribution is 0.426. The van der Waals surface area contributed by atoms with Crippen molar-refractivity contribution < 1.29 is 10.0 Å². The monoisotopic (exact) mass is 1620 g/mol. The van der Waals surface area contributed by atoms with Gasteiger partial charge in [0.15, 0.2) is 34.9 Å². The predicted molar refractivity (Wildman–Crippen MR) is 511 cm³/mol. The molecule has 2 N–H and O–H groups in total. The molecule has 0 bridgehead atoms. The highest BCUT2D eigenvalue weighted by Crippen LogP contribution is 2.48. The van der Waals surface area contributed by atoms with Crippen LogP contribution in [0.25, 0.3) is 229 Å². The average molecular weight is 1620 g/mol. The molecule has 24 rings (SSSR count). The van der Waals surface area contributed by atoms with Crippen LogP contribution >= 0.6 is 34.3 Å². The standard InChI is InChI=1S/C54H32N4S.C36H21ClN4S.C18H13BO2/c1-3-14-34(15-4-1)52-56-53(35-16-5-2-6-17-35)58-54(57-52)36-28-26-33(27-29-36)49-51-48(44-22-11-12-25-47(44)59-51)45-24-13-23-38(50(45)55-49)37-30-31-43-41-20-8-7-18-39(41)40-19-9-10-21-42(40)46(43)32-37;37-28-16-9-15-27-30-26-14-7-8-17-29(26)42-33(30)31(38-32(27)28)22-18-20-25(21-19-22)36-40-34(23-10-3-1-4-11-23)39-35(41-36)24-12-5-2-6-13-24;20-19(21)12-9-10-17-15-7-2-1-5-13(15)14-6-3-4-8-16(14)18(17)11-12/h1-32H;1-21H;1-11,20-21H. The number of pyridine rings is 2. The number of rotatable bonds is 10. The van der Waals surface area contributed by atoms with Gasteiger partial charge in [0.05, 0.1) is 36.8 Å². The first-order valence-corrected chi connectivity index (χ1v) is 42.4. The minimum absolute atomic E-state index is 0.517. The third kappa shape index (κ3) is 13.3. The van der Waals surface area contributed by atoms with Crippen molar-refractivity contribution in [2.24, 2.45) is 0 Å². The largest absolute Gasteiger partial charge is 0.488 e. The summed E-state index contributed by atoms with van der Waals surface area (Å²) in [5.74, 6) is 3.81. The molecule has 6 aromatic heterocycles. The van der Waals surface area contributed by atoms with Gasteiger partial charge in [-0.1, -0.05) is 376 Å². The fraction of sp³-hybridized carbons (Fsp3) is 0. The molecule has 24 aromatic rings. The molecule has 6 heterocycles. The highest BCUT2D eigenvalue weighted by molar-refractivity contribution is 7.27. The second-order valence-electron chi connectivity index (χ2n) is 30.2. The van der Waals surface area contributed by atoms with Gasteiger partial charge in [0.25, 0.3) is 0 Å². The van der Waals surface area contributed by atoms with E-state index in [-0.39, 0.29) is 0 Å². The number of fused-ring (bicyclic) bond motifs is 22. The SMILES string of the molecule is Clc1cccc2c1nc(-c1ccc(-c3nc(-c4ccccc4)nc(-c4ccccc4)n3)cc1)c1sc3ccccc3c12.OB(O)c1ccc2c3ccccc3c3ccccc3c2c1.c1ccc(-c2nc(-c3ccccc3)nc(-c3ccc(-c4nc5c(-c6ccc7c8ccccc8c8ccccc8c7c6)cccc5c5c4sc4ccccc45)cc3)n2)cc1. The number of hydrogen-bond acceptors (Lipinski definition) is 12. The molecule has 0 saturated carbocycles. The molecule has 0 radical (unpaired) electrons. The van der Waals surface area contributed by atoms with Crippen LogP contribution in [-0.4, -0.2) is 57.0 Å². The first-order valence-electron chi connectivity index (χ1n) is 40.4. The Kier molecular flexibility index (Phi) is 18.7. The Morgan fingerprint density at radius 1 is 0.213 bits per heavy atom. The molecule has 0 fully saturated rings. The molecule has 0 amide bonds. The average Bonchev–Trinajstić information content (AvgIpc) is 1.53. The van der Waals surface area contributed by atoms with Crippen molar-refractivity contribution >= 4 is 174 Å². The maximum absolute atomic E-state index is 9.42. The molecule has 0 aliphatic carbocycles. The first-order chi connectivity index (χ1) is 60.2. The van der Waals surface area contributed by atoms with Gasteiger partial charge in [0.2, 0.25) is 0 Å². The summed E-state index contributed by atoms with van der Waals surface area (Å²) in [4.78, 5) is 40.2. The van der Waals surface area contributed by atoms with Crippen molar-refractivity contribution in [2.75, 3.05) is 0 Å². The molecule has 0 spiro atoms. The zero-order valence-electron chi connectivity index (χ0n) is 65.2. The highest BCUT2D eigenvalue weighted by atomic mass is 35.5. The highest BCUT2D eigenvalue weighted by Gasteiger charge is 2.24. The molecule has 0 aliphatic rings. The molecule has 0 aliphatic heterocycles. The van der Waals surface area contributed by atoms with E-state index < -0.39 is 7.12 Å². The predicted octanol–water partition coefficient (Wildman–Crippen LogP) is 27.5. The summed E-state index contributed by atoms with van der Waals surface area (Å²) in [6.45, 7) is 0. The van der Waals surface area contributed by atoms with Crippen LogP contribution in [0, 0.1) is 0 Å². The first kappa shape index (κ1) is 73.4. The number of benzene rings is 18. The Morgan fingerprint density at radius 3 is 0.877 bits per heavy atom. The molecular weight excluding hydrogens is 1550 g/mol. The molecule has 18 aromatic carbocycles. The summed E-state index contributed by atoms with van der Waals surface area (Å²) in [5, 5.41) is 41.1. The van der Waals surface area contributed by atoms with Gasteiger partial charge in [-0.25, -0.2) is 39.9 Å². The van der Waals surface area contributed by atoms with E-state index in [2.05, 4.69) is 212 Å². The fourth-order valence-electron chi connectivity index (χ4n) is 17.2. The summed E-state index contributed by atoms with van der Waals surface area (Å²) >= 11 is 10.3. The molecule has 122 heavy (non-hydrogen) atoms. The fourth-order valence-corrected chi connectivity index (χ4v) is 19.9. The molecule has 14 heteroatoms. The molecule has 572 valence electrons. The van der Waals surface area contributed by atoms with E-state index in [1.54, 1.807) is 17.4 Å². The number of nitrogens with zero attached hydrogens (tertiary/aromatic N) is 8. The van der Waals surface area contributed by atoms with Crippen LogP contribution < -0.4 is 5.46 Å². The van der Waals surface area contributed by atoms with Gasteiger partial charge in [-0.2, -0.15) is 0 Å². The van der Waals surface area contributed by atoms with Crippen molar-refractivity contribution in [1.29, 1.82) is 0 Å². The second-order valence-corrected chi connectivity index (χ2v) is 32.7. The number of thiophene rings is 2. The Hall–Kier alpha value is -14.9. The molecule has 0 atom stereocenters. The van der Waals surface area contributed by atoms with E-state index in [1.165, 1.54) is 84.1 Å². The van der Waals surface area contributed by atoms with Crippen molar-refractivity contribution in [3.05, 3.63) is 393 Å². The lowest BCUT2D eigenvalue weighted by Crippen LogP contribution is -2.29. The minimum atomic E-state index is -1.44. The molecule has 0 unspecified atom stereocenters. The summed E-state index contributed by atoms with van der Waals surface area (Å²) in [5.41, 5.74) is 14.1. The minimum Gasteiger partial charge on any atom is -0.423 e. The van der Waals surface area contributed by atoms with Crippen LogP contribution in [-0.2, 0) is 0 Å². The van der Waals surface area contributed by atoms with Crippen molar-refractivity contribution in [2.45, 2.75) is 0 Å². The van der Waals surface area contributed by atoms with Crippen molar-refractivity contribution in [1.82, 2.24) is 39.9 Å². The van der Waals surface area contributed by atoms with Gasteiger partial charge in [0, 0.05) is 91.8 Å². The van der Waals surface area contributed by atoms with Gasteiger partial charge in [-0.15, -0.1) is 22.7 Å². The van der Waals surface area contributed by atoms with E-state index in [0.29, 0.717) is 45.4 Å². The lowest BCUT2D eigenvalue weighted by Gasteiger charge is -2.14. The Bertz CT molecular complexity index is 8060. The van der Waals surface area contributed by atoms with Crippen LogP contribution in [0.2, 0.25) is 5.02 Å². The molecule has 0 saturated heterocycles. The molecule has 10 nitrogen and oxygen atoms in total. The van der Waals surface area contributed by atoms with E-state index in [9.17, 15) is 10.0 Å². The number of para-hydroxylation sites is 2. The van der Waals surface area contributed by atoms with Gasteiger partial charge >= 0.3 is 7.12 Å². The lowest BCUT2D eigenvalue weighted by atomic mass is 9.78. The number of halogens is 1. The summed E-state index contributed by atoms with van der Waals surface area (Å²) < 4.78 is 4.80. The maximum Gasteiger partial charge on any atom is 0.488 e. The quantitative estimate of drug-likeness (QED) is 0.100. The van der Waals surface area contributed by atoms with E-state index in [1.807, 2.05) is 181 Å². The third-order valence-corrected chi connectivity index (χ3v) is 25.6. The summed E-state index contributed by atoms with van der Waals surface area (Å²) in [6, 6.07) is 134. The van der Waals surface area contributed by atoms with Gasteiger partial charge in [0.1, 0.15) is 0 Å². The molecular formula is C108H66BClN8O2S2. The topological polar surface area (TPSA) is 144 Å². The van der Waals surface area contributed by atoms with Crippen LogP contribution in [0.15, 0.2) is 388 Å². The van der Waals surface area contributed by atoms with Gasteiger partial charge in [-0.05, 0) is 99.9 Å². The second kappa shape index (κ2) is 31.1. The Morgan fingerprint density at radius 2 is 0.492 bits per heavy atom. The Balaban J connectivity index is 0.000000122. The van der Waals surface area contributed by atoms with Crippen molar-refractivity contribution in [3.8, 4) is 102 Å². The summed E-state index contributed by atoms with van der Waals surface area (Å²) in [6.07, 6.45) is 0. The van der Waals surface area contributed by atoms with Crippen molar-refractivity contribution in [3.63, 3.8) is 0 Å². The number of aromatic nitrogens is 8. The van der Waals surface area contributed by atoms with Crippen LogP contribution in [0.3, 0.4) is 0 Å². The van der Waals surface area contributed by atoms with Crippen LogP contribution in [0.1, 0.15) is 0 Å². The smallest absolute Gasteiger partial charge is 0.423 e. The van der Waals surface area contributed by atoms with Crippen LogP contribution in [0.5, 0.6) is 0 Å². The summed E-state index contributed by atoms with van der Waals surface area (Å²) in [7, 11) is -1.44. The van der Waals surface area contributed by atoms with Crippen LogP contribution in [0.4, 0.5) is 0 Å².